The van der Waals surface area contributed by atoms with E-state index in [1.165, 1.54) is 15.9 Å². The summed E-state index contributed by atoms with van der Waals surface area (Å²) in [5.74, 6) is -8.75. The highest BCUT2D eigenvalue weighted by Crippen LogP contribution is 2.58. The highest BCUT2D eigenvalue weighted by molar-refractivity contribution is 7.91. The lowest BCUT2D eigenvalue weighted by Gasteiger charge is -2.35. The maximum absolute atomic E-state index is 14.9. The molecule has 2 aliphatic carbocycles. The Morgan fingerprint density at radius 1 is 1.07 bits per heavy atom. The number of hydrogen-bond donors (Lipinski definition) is 1. The van der Waals surface area contributed by atoms with E-state index >= 15 is 0 Å². The Balaban J connectivity index is 1.32. The fourth-order valence-electron chi connectivity index (χ4n) is 8.66. The van der Waals surface area contributed by atoms with E-state index < -0.39 is 110 Å². The van der Waals surface area contributed by atoms with E-state index in [1.807, 2.05) is 26.0 Å². The molecule has 5 aliphatic rings. The van der Waals surface area contributed by atoms with Crippen LogP contribution < -0.4 is 4.72 Å². The number of benzene rings is 1. The van der Waals surface area contributed by atoms with Crippen LogP contribution in [0.25, 0.3) is 0 Å². The molecule has 16 heteroatoms. The Hall–Kier alpha value is -3.95. The van der Waals surface area contributed by atoms with Gasteiger partial charge in [0.15, 0.2) is 11.4 Å². The van der Waals surface area contributed by atoms with Crippen molar-refractivity contribution in [3.8, 4) is 0 Å². The van der Waals surface area contributed by atoms with Gasteiger partial charge >= 0.3 is 12.1 Å². The van der Waals surface area contributed by atoms with Crippen molar-refractivity contribution in [1.82, 2.24) is 14.5 Å². The fraction of sp³-hybridized carbons (Fsp3) is 0.690. The number of carbonyl (C=O) groups excluding carboxylic acids is 5. The van der Waals surface area contributed by atoms with Crippen LogP contribution in [0.5, 0.6) is 0 Å². The Kier molecular flexibility index (Phi) is 12.0. The number of nitrogens with one attached hydrogen (secondary N) is 1. The van der Waals surface area contributed by atoms with Gasteiger partial charge in [0.25, 0.3) is 5.92 Å². The molecule has 58 heavy (non-hydrogen) atoms. The number of nitrogens with zero attached hydrogens (tertiary/aromatic N) is 2. The highest BCUT2D eigenvalue weighted by Gasteiger charge is 2.63. The highest BCUT2D eigenvalue weighted by atomic mass is 32.2. The van der Waals surface area contributed by atoms with Crippen molar-refractivity contribution in [3.63, 3.8) is 0 Å². The predicted octanol–water partition coefficient (Wildman–Crippen LogP) is 6.60. The summed E-state index contributed by atoms with van der Waals surface area (Å²) < 4.78 is 82.2. The van der Waals surface area contributed by atoms with Crippen LogP contribution in [0.3, 0.4) is 0 Å². The molecule has 12 nitrogen and oxygen atoms in total. The van der Waals surface area contributed by atoms with Gasteiger partial charge in [-0.3, -0.25) is 28.8 Å². The number of rotatable bonds is 9. The van der Waals surface area contributed by atoms with Gasteiger partial charge in [-0.25, -0.2) is 26.4 Å². The van der Waals surface area contributed by atoms with Crippen LogP contribution in [0.1, 0.15) is 117 Å². The Morgan fingerprint density at radius 2 is 1.78 bits per heavy atom. The lowest BCUT2D eigenvalue weighted by atomic mass is 9.79. The van der Waals surface area contributed by atoms with Gasteiger partial charge in [-0.15, -0.1) is 0 Å². The van der Waals surface area contributed by atoms with Gasteiger partial charge in [0.2, 0.25) is 21.8 Å². The molecule has 2 saturated carbocycles. The predicted molar refractivity (Wildman–Crippen MR) is 206 cm³/mol. The van der Waals surface area contributed by atoms with E-state index in [9.17, 15) is 45.6 Å². The maximum atomic E-state index is 14.9. The first-order valence-corrected chi connectivity index (χ1v) is 21.9. The number of esters is 1. The van der Waals surface area contributed by atoms with Gasteiger partial charge in [0.05, 0.1) is 41.6 Å². The Bertz CT molecular complexity index is 1960. The number of fused-ring (bicyclic) bond motifs is 3. The molecule has 6 rings (SSSR count). The van der Waals surface area contributed by atoms with E-state index in [-0.39, 0.29) is 38.4 Å². The van der Waals surface area contributed by atoms with Gasteiger partial charge in [0.1, 0.15) is 11.9 Å². The van der Waals surface area contributed by atoms with E-state index in [2.05, 4.69) is 4.72 Å². The van der Waals surface area contributed by atoms with E-state index in [0.717, 1.165) is 13.8 Å². The number of sulfonamides is 1. The zero-order valence-electron chi connectivity index (χ0n) is 34.2. The summed E-state index contributed by atoms with van der Waals surface area (Å²) in [5.41, 5.74) is -2.61. The number of carbonyl (C=O) groups is 5. The number of Topliss-reactive ketones (excluding diaryl/α,β-unsaturated/α-hetero) is 1. The standard InChI is InChI=1S/C42H56F3N3O9S/c1-7-26-17-25(2)11-8-9-13-28-20-42(28,37(52)46-58(54,55)40(5)15-16-40)21-34(49)33-18-29(56-38(53)47-22-27-12-10-14-32(43)31(27)24-47)23-48(33)36(51)30(26)19-35(50)57-39(3,4)41(6,44)45/h9-10,12-14,25-26,28-30,33H,7-8,11,15-24H2,1-6H3,(H,46,52)/b13-9-/t25-,26+,28+,29+,30-,33-,42+/m0/s1. The fourth-order valence-corrected chi connectivity index (χ4v) is 10.00. The van der Waals surface area contributed by atoms with Crippen molar-refractivity contribution >= 4 is 39.7 Å². The van der Waals surface area contributed by atoms with Crippen molar-refractivity contribution in [2.75, 3.05) is 6.54 Å². The third-order valence-corrected chi connectivity index (χ3v) is 15.6. The topological polar surface area (TPSA) is 156 Å². The minimum atomic E-state index is -4.04. The molecule has 1 aromatic carbocycles. The number of allylic oxidation sites excluding steroid dienone is 2. The van der Waals surface area contributed by atoms with E-state index in [1.54, 1.807) is 19.1 Å². The average Bonchev–Trinajstić information content (AvgIpc) is 3.92. The Labute approximate surface area is 338 Å². The second-order valence-corrected chi connectivity index (χ2v) is 20.4. The van der Waals surface area contributed by atoms with Gasteiger partial charge in [-0.1, -0.05) is 44.6 Å². The van der Waals surface area contributed by atoms with Crippen LogP contribution in [0.4, 0.5) is 18.0 Å². The molecule has 1 aromatic rings. The van der Waals surface area contributed by atoms with Crippen molar-refractivity contribution in [2.45, 2.75) is 147 Å². The van der Waals surface area contributed by atoms with Crippen LogP contribution in [0.2, 0.25) is 0 Å². The molecule has 7 atom stereocenters. The van der Waals surface area contributed by atoms with Crippen LogP contribution in [0, 0.1) is 34.9 Å². The summed E-state index contributed by atoms with van der Waals surface area (Å²) in [6.45, 7) is 8.04. The second kappa shape index (κ2) is 15.9. The molecule has 1 N–H and O–H groups in total. The van der Waals surface area contributed by atoms with Crippen LogP contribution in [-0.2, 0) is 51.8 Å². The molecule has 3 aliphatic heterocycles. The van der Waals surface area contributed by atoms with Gasteiger partial charge in [0, 0.05) is 31.9 Å². The van der Waals surface area contributed by atoms with Crippen molar-refractivity contribution in [3.05, 3.63) is 47.3 Å². The molecule has 320 valence electrons. The first-order valence-electron chi connectivity index (χ1n) is 20.4. The summed E-state index contributed by atoms with van der Waals surface area (Å²) >= 11 is 0. The van der Waals surface area contributed by atoms with Crippen LogP contribution >= 0.6 is 0 Å². The summed E-state index contributed by atoms with van der Waals surface area (Å²) in [4.78, 5) is 73.0. The van der Waals surface area contributed by atoms with Crippen molar-refractivity contribution < 1.29 is 55.0 Å². The average molecular weight is 836 g/mol. The first kappa shape index (κ1) is 43.6. The maximum Gasteiger partial charge on any atom is 0.410 e. The third kappa shape index (κ3) is 8.81. The van der Waals surface area contributed by atoms with Gasteiger partial charge in [-0.2, -0.15) is 0 Å². The Morgan fingerprint density at radius 3 is 2.41 bits per heavy atom. The first-order chi connectivity index (χ1) is 27.0. The van der Waals surface area contributed by atoms with Gasteiger partial charge in [-0.05, 0) is 88.7 Å². The number of ether oxygens (including phenoxy) is 2. The number of alkyl halides is 2. The van der Waals surface area contributed by atoms with Crippen molar-refractivity contribution in [1.29, 1.82) is 0 Å². The summed E-state index contributed by atoms with van der Waals surface area (Å²) in [5, 5.41) is 0. The SMILES string of the molecule is CC[C@@H]1C[C@@H](C)CC/C=C\[C@@H]2C[C@@]2(C(=O)NS(=O)(=O)C2(C)CC2)CC(=O)[C@@H]2C[C@@H](OC(=O)N3Cc4cccc(F)c4C3)CN2C(=O)[C@H]1CC(=O)OC(C)(C)C(C)(F)F. The quantitative estimate of drug-likeness (QED) is 0.214. The summed E-state index contributed by atoms with van der Waals surface area (Å²) in [6.07, 6.45) is 4.08. The van der Waals surface area contributed by atoms with Gasteiger partial charge < -0.3 is 14.4 Å². The smallest absolute Gasteiger partial charge is 0.410 e. The molecule has 1 saturated heterocycles. The zero-order chi connectivity index (χ0) is 42.6. The molecule has 3 heterocycles. The molecule has 3 amide bonds. The minimum Gasteiger partial charge on any atom is -0.453 e. The molecule has 0 bridgehead atoms. The van der Waals surface area contributed by atoms with Crippen LogP contribution in [0.15, 0.2) is 30.4 Å². The third-order valence-electron chi connectivity index (χ3n) is 13.4. The summed E-state index contributed by atoms with van der Waals surface area (Å²) in [7, 11) is -4.04. The number of ketones is 1. The lowest BCUT2D eigenvalue weighted by Crippen LogP contribution is -2.49. The molecule has 3 fully saturated rings. The second-order valence-electron chi connectivity index (χ2n) is 18.2. The van der Waals surface area contributed by atoms with E-state index in [4.69, 9.17) is 9.47 Å². The minimum absolute atomic E-state index is 0.0401. The zero-order valence-corrected chi connectivity index (χ0v) is 35.0. The number of hydrogen-bond acceptors (Lipinski definition) is 9. The lowest BCUT2D eigenvalue weighted by molar-refractivity contribution is -0.197. The van der Waals surface area contributed by atoms with Crippen LogP contribution in [-0.4, -0.2) is 82.8 Å². The van der Waals surface area contributed by atoms with Crippen molar-refractivity contribution in [2.24, 2.45) is 29.1 Å². The number of amides is 3. The molecule has 0 aromatic heterocycles. The van der Waals surface area contributed by atoms with E-state index in [0.29, 0.717) is 56.6 Å². The summed E-state index contributed by atoms with van der Waals surface area (Å²) in [6, 6.07) is 3.31. The number of halogens is 3. The molecular weight excluding hydrogens is 780 g/mol. The monoisotopic (exact) mass is 835 g/mol. The largest absolute Gasteiger partial charge is 0.453 e. The molecule has 0 unspecified atom stereocenters. The normalized spacial score (nSPS) is 30.6. The molecule has 0 spiro atoms. The molecule has 0 radical (unpaired) electrons. The molecular formula is C42H56F3N3O9S.